The Labute approximate surface area is 193 Å². The predicted octanol–water partition coefficient (Wildman–Crippen LogP) is 6.79. The first-order valence-corrected chi connectivity index (χ1v) is 11.7. The van der Waals surface area contributed by atoms with Gasteiger partial charge in [0.15, 0.2) is 0 Å². The van der Waals surface area contributed by atoms with E-state index in [1.165, 1.54) is 29.7 Å². The summed E-state index contributed by atoms with van der Waals surface area (Å²) in [5.41, 5.74) is 6.12. The molecular weight excluding hydrogens is 421 g/mol. The van der Waals surface area contributed by atoms with Gasteiger partial charge >= 0.3 is 0 Å². The molecule has 162 valence electrons. The van der Waals surface area contributed by atoms with Gasteiger partial charge in [0, 0.05) is 29.1 Å². The van der Waals surface area contributed by atoms with Gasteiger partial charge in [0.1, 0.15) is 5.82 Å². The quantitative estimate of drug-likeness (QED) is 0.434. The highest BCUT2D eigenvalue weighted by molar-refractivity contribution is 6.30. The smallest absolute Gasteiger partial charge is 0.224 e. The van der Waals surface area contributed by atoms with Crippen molar-refractivity contribution >= 4 is 23.2 Å². The van der Waals surface area contributed by atoms with Gasteiger partial charge in [0.25, 0.3) is 0 Å². The van der Waals surface area contributed by atoms with Gasteiger partial charge in [0.05, 0.1) is 0 Å². The lowest BCUT2D eigenvalue weighted by molar-refractivity contribution is -0.117. The van der Waals surface area contributed by atoms with Crippen molar-refractivity contribution in [1.82, 2.24) is 0 Å². The zero-order valence-corrected chi connectivity index (χ0v) is 19.0. The summed E-state index contributed by atoms with van der Waals surface area (Å²) in [5.74, 6) is 0.513. The molecule has 1 spiro atoms. The molecule has 6 rings (SSSR count). The van der Waals surface area contributed by atoms with E-state index in [-0.39, 0.29) is 28.6 Å². The average molecular weight is 446 g/mol. The third kappa shape index (κ3) is 2.67. The molecule has 4 heteroatoms. The first-order valence-electron chi connectivity index (χ1n) is 11.3. The summed E-state index contributed by atoms with van der Waals surface area (Å²) < 4.78 is 13.5. The number of halogens is 2. The van der Waals surface area contributed by atoms with Crippen LogP contribution in [0.15, 0.2) is 66.7 Å². The number of hydrogen-bond acceptors (Lipinski definition) is 1. The number of amides is 1. The van der Waals surface area contributed by atoms with Crippen molar-refractivity contribution in [2.75, 3.05) is 4.90 Å². The van der Waals surface area contributed by atoms with Crippen LogP contribution < -0.4 is 4.90 Å². The normalized spacial score (nSPS) is 29.4. The zero-order valence-electron chi connectivity index (χ0n) is 18.2. The van der Waals surface area contributed by atoms with Gasteiger partial charge in [-0.15, -0.1) is 0 Å². The molecule has 3 aromatic carbocycles. The maximum Gasteiger partial charge on any atom is 0.224 e. The minimum Gasteiger partial charge on any atom is -0.310 e. The second-order valence-electron chi connectivity index (χ2n) is 9.87. The van der Waals surface area contributed by atoms with Crippen LogP contribution in [0.4, 0.5) is 10.1 Å². The molecule has 0 radical (unpaired) electrons. The molecule has 0 N–H and O–H groups in total. The van der Waals surface area contributed by atoms with E-state index >= 15 is 0 Å². The molecule has 1 amide bonds. The molecule has 2 fully saturated rings. The lowest BCUT2D eigenvalue weighted by Crippen LogP contribution is -2.47. The van der Waals surface area contributed by atoms with Gasteiger partial charge in [-0.25, -0.2) is 4.39 Å². The molecule has 2 aliphatic carbocycles. The number of nitrogens with zero attached hydrogens (tertiary/aromatic N) is 1. The molecule has 1 heterocycles. The Balaban J connectivity index is 1.45. The van der Waals surface area contributed by atoms with Gasteiger partial charge in [-0.1, -0.05) is 41.9 Å². The van der Waals surface area contributed by atoms with Crippen LogP contribution in [0.5, 0.6) is 0 Å². The van der Waals surface area contributed by atoms with Crippen LogP contribution in [0.3, 0.4) is 0 Å². The molecule has 4 atom stereocenters. The van der Waals surface area contributed by atoms with Crippen LogP contribution in [0.1, 0.15) is 37.8 Å². The maximum absolute atomic E-state index is 13.5. The molecule has 3 aromatic rings. The highest BCUT2D eigenvalue weighted by atomic mass is 35.5. The summed E-state index contributed by atoms with van der Waals surface area (Å²) in [5, 5.41) is 0.766. The highest BCUT2D eigenvalue weighted by Gasteiger charge is 2.88. The second kappa shape index (κ2) is 6.68. The van der Waals surface area contributed by atoms with E-state index in [0.29, 0.717) is 5.92 Å². The SMILES string of the molecule is CC(=O)N1c2ccc(-c3ccc(F)cc3)cc2C2(C[C@H]1C)C1CC12Cc1ccc(Cl)cc1. The number of carbonyl (C=O) groups is 1. The van der Waals surface area contributed by atoms with Crippen molar-refractivity contribution in [2.24, 2.45) is 11.3 Å². The molecule has 2 nitrogen and oxygen atoms in total. The number of anilines is 1. The summed E-state index contributed by atoms with van der Waals surface area (Å²) in [6.07, 6.45) is 3.27. The van der Waals surface area contributed by atoms with Gasteiger partial charge in [-0.3, -0.25) is 4.79 Å². The fraction of sp³-hybridized carbons (Fsp3) is 0.321. The van der Waals surface area contributed by atoms with Crippen LogP contribution in [0.25, 0.3) is 11.1 Å². The van der Waals surface area contributed by atoms with E-state index in [4.69, 9.17) is 11.6 Å². The number of carbonyl (C=O) groups excluding carboxylic acids is 1. The molecule has 3 unspecified atom stereocenters. The molecule has 0 saturated heterocycles. The number of hydrogen-bond donors (Lipinski definition) is 0. The lowest BCUT2D eigenvalue weighted by Gasteiger charge is -2.44. The molecule has 2 saturated carbocycles. The third-order valence-electron chi connectivity index (χ3n) is 8.22. The van der Waals surface area contributed by atoms with E-state index < -0.39 is 0 Å². The summed E-state index contributed by atoms with van der Waals surface area (Å²) >= 11 is 6.11. The van der Waals surface area contributed by atoms with Crippen LogP contribution in [-0.4, -0.2) is 11.9 Å². The first-order chi connectivity index (χ1) is 15.4. The van der Waals surface area contributed by atoms with Gasteiger partial charge in [-0.2, -0.15) is 0 Å². The summed E-state index contributed by atoms with van der Waals surface area (Å²) in [6, 6.07) is 21.5. The number of rotatable bonds is 3. The monoisotopic (exact) mass is 445 g/mol. The fourth-order valence-corrected chi connectivity index (χ4v) is 6.85. The van der Waals surface area contributed by atoms with Gasteiger partial charge in [0.2, 0.25) is 5.91 Å². The van der Waals surface area contributed by atoms with Crippen molar-refractivity contribution in [3.05, 3.63) is 88.7 Å². The van der Waals surface area contributed by atoms with Crippen molar-refractivity contribution < 1.29 is 9.18 Å². The van der Waals surface area contributed by atoms with E-state index in [1.54, 1.807) is 6.92 Å². The zero-order chi connectivity index (χ0) is 22.3. The Hall–Kier alpha value is -2.65. The summed E-state index contributed by atoms with van der Waals surface area (Å²) in [7, 11) is 0. The Morgan fingerprint density at radius 3 is 2.38 bits per heavy atom. The van der Waals surface area contributed by atoms with E-state index in [0.717, 1.165) is 34.7 Å². The molecule has 0 aromatic heterocycles. The minimum absolute atomic E-state index is 0.0872. The predicted molar refractivity (Wildman–Crippen MR) is 126 cm³/mol. The second-order valence-corrected chi connectivity index (χ2v) is 10.3. The maximum atomic E-state index is 13.5. The van der Waals surface area contributed by atoms with Gasteiger partial charge in [-0.05, 0) is 96.2 Å². The first kappa shape index (κ1) is 20.0. The molecule has 1 aliphatic heterocycles. The fourth-order valence-electron chi connectivity index (χ4n) is 6.72. The van der Waals surface area contributed by atoms with Crippen LogP contribution >= 0.6 is 11.6 Å². The summed E-state index contributed by atoms with van der Waals surface area (Å²) in [6.45, 7) is 3.83. The van der Waals surface area contributed by atoms with Crippen LogP contribution in [-0.2, 0) is 16.6 Å². The number of benzene rings is 3. The van der Waals surface area contributed by atoms with E-state index in [1.807, 2.05) is 29.2 Å². The molecule has 32 heavy (non-hydrogen) atoms. The third-order valence-corrected chi connectivity index (χ3v) is 8.47. The molecular formula is C28H25ClFNO. The van der Waals surface area contributed by atoms with Crippen molar-refractivity contribution in [1.29, 1.82) is 0 Å². The van der Waals surface area contributed by atoms with E-state index in [9.17, 15) is 9.18 Å². The van der Waals surface area contributed by atoms with Crippen LogP contribution in [0.2, 0.25) is 5.02 Å². The van der Waals surface area contributed by atoms with Gasteiger partial charge < -0.3 is 4.90 Å². The summed E-state index contributed by atoms with van der Waals surface area (Å²) in [4.78, 5) is 14.5. The Kier molecular flexibility index (Phi) is 4.17. The van der Waals surface area contributed by atoms with Crippen molar-refractivity contribution in [3.8, 4) is 11.1 Å². The Morgan fingerprint density at radius 2 is 1.72 bits per heavy atom. The average Bonchev–Trinajstić information content (AvgIpc) is 3.63. The lowest BCUT2D eigenvalue weighted by atomic mass is 9.70. The van der Waals surface area contributed by atoms with E-state index in [2.05, 4.69) is 37.3 Å². The largest absolute Gasteiger partial charge is 0.310 e. The topological polar surface area (TPSA) is 20.3 Å². The highest BCUT2D eigenvalue weighted by Crippen LogP contribution is 2.91. The molecule has 0 bridgehead atoms. The Bertz CT molecular complexity index is 1240. The number of fused-ring (bicyclic) bond motifs is 5. The molecule has 3 aliphatic rings. The van der Waals surface area contributed by atoms with Crippen molar-refractivity contribution in [2.45, 2.75) is 44.6 Å². The standard InChI is InChI=1S/C28H25ClFNO/c1-17-14-28(26-16-27(26,28)15-19-3-8-22(29)9-4-19)24-13-21(20-5-10-23(30)11-6-20)7-12-25(24)31(17)18(2)32/h3-13,17,26H,14-16H2,1-2H3/t17-,26?,27?,28?/m1/s1. The minimum atomic E-state index is -0.231. The van der Waals surface area contributed by atoms with Crippen molar-refractivity contribution in [3.63, 3.8) is 0 Å². The Morgan fingerprint density at radius 1 is 1.03 bits per heavy atom. The van der Waals surface area contributed by atoms with Crippen LogP contribution in [0, 0.1) is 17.2 Å².